The summed E-state index contributed by atoms with van der Waals surface area (Å²) in [5.41, 5.74) is 7.62. The van der Waals surface area contributed by atoms with Crippen LogP contribution in [0.15, 0.2) is 48.5 Å². The van der Waals surface area contributed by atoms with Gasteiger partial charge in [0.1, 0.15) is 0 Å². The predicted octanol–water partition coefficient (Wildman–Crippen LogP) is 6.85. The lowest BCUT2D eigenvalue weighted by molar-refractivity contribution is -0.137. The number of carboxylic acids is 1. The Morgan fingerprint density at radius 1 is 0.853 bits per heavy atom. The summed E-state index contributed by atoms with van der Waals surface area (Å²) in [4.78, 5) is 23.5. The maximum absolute atomic E-state index is 10.7. The van der Waals surface area contributed by atoms with Gasteiger partial charge in [0.2, 0.25) is 0 Å². The van der Waals surface area contributed by atoms with Gasteiger partial charge in [0, 0.05) is 30.6 Å². The molecule has 0 aliphatic carbocycles. The van der Waals surface area contributed by atoms with Crippen LogP contribution in [0.1, 0.15) is 62.8 Å². The van der Waals surface area contributed by atoms with Crippen molar-refractivity contribution in [1.82, 2.24) is 9.97 Å². The number of hydrogen-bond acceptors (Lipinski definition) is 4. The molecule has 34 heavy (non-hydrogen) atoms. The summed E-state index contributed by atoms with van der Waals surface area (Å²) in [6.07, 6.45) is 6.09. The van der Waals surface area contributed by atoms with Crippen molar-refractivity contribution < 1.29 is 9.90 Å². The number of carbonyl (C=O) groups is 1. The molecule has 0 atom stereocenters. The van der Waals surface area contributed by atoms with Gasteiger partial charge in [0.05, 0.1) is 17.1 Å². The molecule has 5 heteroatoms. The summed E-state index contributed by atoms with van der Waals surface area (Å²) < 4.78 is 0. The molecule has 5 nitrogen and oxygen atoms in total. The van der Waals surface area contributed by atoms with E-state index in [2.05, 4.69) is 67.3 Å². The van der Waals surface area contributed by atoms with Crippen LogP contribution in [0.2, 0.25) is 0 Å². The minimum Gasteiger partial charge on any atom is -0.481 e. The summed E-state index contributed by atoms with van der Waals surface area (Å²) in [5, 5.41) is 8.81. The van der Waals surface area contributed by atoms with E-state index in [1.807, 2.05) is 0 Å². The number of aryl methyl sites for hydroxylation is 3. The quantitative estimate of drug-likeness (QED) is 0.354. The molecular weight excluding hydrogens is 422 g/mol. The monoisotopic (exact) mass is 459 g/mol. The molecule has 180 valence electrons. The molecule has 1 aliphatic heterocycles. The highest BCUT2D eigenvalue weighted by Crippen LogP contribution is 2.35. The second-order valence-corrected chi connectivity index (χ2v) is 9.07. The first-order valence-corrected chi connectivity index (χ1v) is 12.0. The molecule has 0 saturated carbocycles. The number of fused-ring (bicyclic) bond motifs is 1. The van der Waals surface area contributed by atoms with Gasteiger partial charge in [0.25, 0.3) is 0 Å². The first-order chi connectivity index (χ1) is 16.0. The fourth-order valence-electron chi connectivity index (χ4n) is 4.40. The number of carboxylic acid groups (broad SMARTS) is 1. The van der Waals surface area contributed by atoms with Gasteiger partial charge < -0.3 is 10.0 Å². The minimum atomic E-state index is -0.705. The molecular formula is C29H37N3O2. The average molecular weight is 460 g/mol. The normalized spacial score (nSPS) is 12.7. The van der Waals surface area contributed by atoms with Gasteiger partial charge >= 0.3 is 5.97 Å². The zero-order valence-corrected chi connectivity index (χ0v) is 19.7. The van der Waals surface area contributed by atoms with Crippen LogP contribution in [-0.2, 0) is 11.2 Å². The summed E-state index contributed by atoms with van der Waals surface area (Å²) >= 11 is 0. The molecule has 2 aromatic carbocycles. The Morgan fingerprint density at radius 2 is 1.41 bits per heavy atom. The van der Waals surface area contributed by atoms with Gasteiger partial charge in [0.15, 0.2) is 5.82 Å². The number of aromatic nitrogens is 2. The maximum atomic E-state index is 10.7. The third-order valence-corrected chi connectivity index (χ3v) is 6.31. The van der Waals surface area contributed by atoms with Crippen molar-refractivity contribution in [2.45, 2.75) is 66.2 Å². The Hall–Kier alpha value is -3.21. The summed E-state index contributed by atoms with van der Waals surface area (Å²) in [6, 6.07) is 17.1. The fourth-order valence-corrected chi connectivity index (χ4v) is 4.40. The molecule has 0 saturated heterocycles. The largest absolute Gasteiger partial charge is 0.481 e. The lowest BCUT2D eigenvalue weighted by Gasteiger charge is -2.30. The molecule has 0 spiro atoms. The van der Waals surface area contributed by atoms with Gasteiger partial charge in [-0.25, -0.2) is 9.97 Å². The summed E-state index contributed by atoms with van der Waals surface area (Å²) in [7, 11) is 0. The molecule has 3 aromatic rings. The Balaban J connectivity index is 0.00000324. The van der Waals surface area contributed by atoms with Crippen molar-refractivity contribution in [2.75, 3.05) is 18.0 Å². The van der Waals surface area contributed by atoms with Crippen LogP contribution < -0.4 is 4.90 Å². The topological polar surface area (TPSA) is 66.3 Å². The van der Waals surface area contributed by atoms with E-state index < -0.39 is 5.97 Å². The second kappa shape index (κ2) is 11.8. The van der Waals surface area contributed by atoms with Crippen LogP contribution in [0.5, 0.6) is 0 Å². The first kappa shape index (κ1) is 25.4. The van der Waals surface area contributed by atoms with Gasteiger partial charge in [-0.15, -0.1) is 0 Å². The van der Waals surface area contributed by atoms with Crippen molar-refractivity contribution in [3.8, 4) is 22.5 Å². The van der Waals surface area contributed by atoms with Crippen molar-refractivity contribution in [2.24, 2.45) is 0 Å². The maximum Gasteiger partial charge on any atom is 0.303 e. The third kappa shape index (κ3) is 6.22. The van der Waals surface area contributed by atoms with Gasteiger partial charge in [-0.2, -0.15) is 0 Å². The highest BCUT2D eigenvalue weighted by molar-refractivity contribution is 5.79. The molecule has 1 aliphatic rings. The highest BCUT2D eigenvalue weighted by Gasteiger charge is 2.23. The molecule has 2 heterocycles. The molecule has 0 amide bonds. The van der Waals surface area contributed by atoms with Crippen molar-refractivity contribution in [3.05, 3.63) is 65.4 Å². The Kier molecular flexibility index (Phi) is 8.80. The zero-order chi connectivity index (χ0) is 23.2. The number of hydrogen-bond donors (Lipinski definition) is 1. The number of aliphatic carboxylic acids is 1. The second-order valence-electron chi connectivity index (χ2n) is 9.07. The first-order valence-electron chi connectivity index (χ1n) is 12.0. The molecule has 0 radical (unpaired) electrons. The van der Waals surface area contributed by atoms with Crippen LogP contribution >= 0.6 is 0 Å². The van der Waals surface area contributed by atoms with Crippen LogP contribution in [0.4, 0.5) is 5.82 Å². The number of rotatable bonds is 9. The molecule has 1 aromatic heterocycles. The standard InChI is InChI=1S/C28H33N3O2.CH4/c1-20-10-14-22(15-11-20)26-27(23-16-12-21(2)13-17-23)30-28-24(29-26)8-7-19-31(28)18-6-4-3-5-9-25(32)33;/h10-17H,3-9,18-19H2,1-2H3,(H,32,33);1H4. The minimum absolute atomic E-state index is 0. The molecule has 0 bridgehead atoms. The SMILES string of the molecule is C.Cc1ccc(-c2nc3c(nc2-c2ccc(C)cc2)N(CCCCCCC(=O)O)CCC3)cc1. The highest BCUT2D eigenvalue weighted by atomic mass is 16.4. The van der Waals surface area contributed by atoms with Crippen LogP contribution in [0, 0.1) is 13.8 Å². The van der Waals surface area contributed by atoms with Crippen molar-refractivity contribution >= 4 is 11.8 Å². The Morgan fingerprint density at radius 3 is 2.00 bits per heavy atom. The van der Waals surface area contributed by atoms with Gasteiger partial charge in [-0.05, 0) is 39.5 Å². The van der Waals surface area contributed by atoms with E-state index in [0.29, 0.717) is 0 Å². The van der Waals surface area contributed by atoms with E-state index in [9.17, 15) is 4.79 Å². The van der Waals surface area contributed by atoms with Crippen LogP contribution in [0.3, 0.4) is 0 Å². The van der Waals surface area contributed by atoms with Crippen LogP contribution in [0.25, 0.3) is 22.5 Å². The summed E-state index contributed by atoms with van der Waals surface area (Å²) in [6.45, 7) is 6.13. The molecule has 0 fully saturated rings. The fraction of sp³-hybridized carbons (Fsp3) is 0.414. The number of nitrogens with zero attached hydrogens (tertiary/aromatic N) is 3. The van der Waals surface area contributed by atoms with Crippen LogP contribution in [-0.4, -0.2) is 34.1 Å². The van der Waals surface area contributed by atoms with E-state index in [0.717, 1.165) is 85.6 Å². The lowest BCUT2D eigenvalue weighted by Crippen LogP contribution is -2.32. The number of benzene rings is 2. The molecule has 0 unspecified atom stereocenters. The molecule has 1 N–H and O–H groups in total. The van der Waals surface area contributed by atoms with Crippen molar-refractivity contribution in [1.29, 1.82) is 0 Å². The van der Waals surface area contributed by atoms with E-state index in [1.165, 1.54) is 11.1 Å². The number of anilines is 1. The van der Waals surface area contributed by atoms with E-state index in [4.69, 9.17) is 15.1 Å². The smallest absolute Gasteiger partial charge is 0.303 e. The number of unbranched alkanes of at least 4 members (excludes halogenated alkanes) is 3. The average Bonchev–Trinajstić information content (AvgIpc) is 2.81. The lowest BCUT2D eigenvalue weighted by atomic mass is 10.0. The van der Waals surface area contributed by atoms with E-state index >= 15 is 0 Å². The third-order valence-electron chi connectivity index (χ3n) is 6.31. The summed E-state index contributed by atoms with van der Waals surface area (Å²) in [5.74, 6) is 0.307. The zero-order valence-electron chi connectivity index (χ0n) is 19.7. The van der Waals surface area contributed by atoms with Gasteiger partial charge in [-0.1, -0.05) is 79.9 Å². The molecule has 4 rings (SSSR count). The predicted molar refractivity (Wildman–Crippen MR) is 140 cm³/mol. The van der Waals surface area contributed by atoms with E-state index in [-0.39, 0.29) is 13.8 Å². The van der Waals surface area contributed by atoms with E-state index in [1.54, 1.807) is 0 Å². The van der Waals surface area contributed by atoms with Crippen molar-refractivity contribution in [3.63, 3.8) is 0 Å². The Bertz CT molecular complexity index is 1090. The van der Waals surface area contributed by atoms with Gasteiger partial charge in [-0.3, -0.25) is 4.79 Å². The Labute approximate surface area is 203 Å².